The van der Waals surface area contributed by atoms with E-state index >= 15 is 0 Å². The van der Waals surface area contributed by atoms with Crippen LogP contribution in [0.15, 0.2) is 36.4 Å². The molecule has 26 heavy (non-hydrogen) atoms. The lowest BCUT2D eigenvalue weighted by atomic mass is 10.2. The zero-order valence-electron chi connectivity index (χ0n) is 14.8. The van der Waals surface area contributed by atoms with Crippen LogP contribution in [0.2, 0.25) is 0 Å². The molecule has 0 spiro atoms. The second-order valence-electron chi connectivity index (χ2n) is 5.46. The molecule has 2 rings (SSSR count). The van der Waals surface area contributed by atoms with Crippen LogP contribution in [-0.2, 0) is 11.3 Å². The fraction of sp³-hybridized carbons (Fsp3) is 0.278. The van der Waals surface area contributed by atoms with Gasteiger partial charge in [0.05, 0.1) is 19.1 Å². The summed E-state index contributed by atoms with van der Waals surface area (Å²) in [5, 5.41) is 13.5. The minimum Gasteiger partial charge on any atom is -0.493 e. The van der Waals surface area contributed by atoms with Gasteiger partial charge in [-0.2, -0.15) is 0 Å². The van der Waals surface area contributed by atoms with Gasteiger partial charge in [-0.25, -0.2) is 0 Å². The topological polar surface area (TPSA) is 99.9 Å². The number of benzene rings is 2. The number of rotatable bonds is 8. The van der Waals surface area contributed by atoms with Gasteiger partial charge in [0.1, 0.15) is 5.75 Å². The zero-order valence-corrected chi connectivity index (χ0v) is 14.8. The Morgan fingerprint density at radius 1 is 1.12 bits per heavy atom. The van der Waals surface area contributed by atoms with Crippen molar-refractivity contribution in [3.63, 3.8) is 0 Å². The molecule has 0 aromatic heterocycles. The van der Waals surface area contributed by atoms with Gasteiger partial charge < -0.3 is 19.5 Å². The van der Waals surface area contributed by atoms with Gasteiger partial charge in [0.2, 0.25) is 0 Å². The lowest BCUT2D eigenvalue weighted by Gasteiger charge is -2.11. The zero-order chi connectivity index (χ0) is 19.1. The summed E-state index contributed by atoms with van der Waals surface area (Å²) in [6, 6.07) is 9.71. The Hall–Kier alpha value is -3.29. The fourth-order valence-corrected chi connectivity index (χ4v) is 2.31. The molecule has 8 heteroatoms. The van der Waals surface area contributed by atoms with Crippen LogP contribution in [0.4, 0.5) is 5.69 Å². The van der Waals surface area contributed by atoms with E-state index < -0.39 is 4.92 Å². The lowest BCUT2D eigenvalue weighted by Crippen LogP contribution is -2.28. The highest BCUT2D eigenvalue weighted by molar-refractivity contribution is 5.77. The van der Waals surface area contributed by atoms with Crippen LogP contribution in [0.1, 0.15) is 11.1 Å². The van der Waals surface area contributed by atoms with E-state index in [0.29, 0.717) is 29.4 Å². The van der Waals surface area contributed by atoms with Crippen molar-refractivity contribution < 1.29 is 23.9 Å². The average Bonchev–Trinajstić information content (AvgIpc) is 2.64. The molecule has 0 bridgehead atoms. The first-order valence-corrected chi connectivity index (χ1v) is 7.80. The third-order valence-corrected chi connectivity index (χ3v) is 3.67. The number of ether oxygens (including phenoxy) is 3. The van der Waals surface area contributed by atoms with E-state index in [1.165, 1.54) is 18.2 Å². The van der Waals surface area contributed by atoms with Crippen LogP contribution in [0, 0.1) is 17.0 Å². The maximum absolute atomic E-state index is 11.9. The second-order valence-corrected chi connectivity index (χ2v) is 5.46. The number of hydrogen-bond acceptors (Lipinski definition) is 6. The molecule has 0 saturated heterocycles. The third-order valence-electron chi connectivity index (χ3n) is 3.67. The number of nitrogens with zero attached hydrogens (tertiary/aromatic N) is 1. The standard InChI is InChI=1S/C18H20N2O6/c1-12-8-14(5-6-15(12)20(22)23)26-11-18(21)19-10-13-4-7-16(24-2)17(9-13)25-3/h4-9H,10-11H2,1-3H3,(H,19,21). The second kappa shape index (κ2) is 8.70. The van der Waals surface area contributed by atoms with E-state index in [1.54, 1.807) is 33.3 Å². The Labute approximate surface area is 150 Å². The van der Waals surface area contributed by atoms with Gasteiger partial charge in [0.25, 0.3) is 11.6 Å². The number of amides is 1. The molecule has 1 N–H and O–H groups in total. The van der Waals surface area contributed by atoms with Crippen LogP contribution in [0.5, 0.6) is 17.2 Å². The molecule has 0 saturated carbocycles. The first-order chi connectivity index (χ1) is 12.4. The maximum atomic E-state index is 11.9. The third kappa shape index (κ3) is 4.85. The van der Waals surface area contributed by atoms with Crippen molar-refractivity contribution in [1.29, 1.82) is 0 Å². The number of carbonyl (C=O) groups excluding carboxylic acids is 1. The van der Waals surface area contributed by atoms with Crippen molar-refractivity contribution in [3.8, 4) is 17.2 Å². The van der Waals surface area contributed by atoms with Crippen LogP contribution >= 0.6 is 0 Å². The largest absolute Gasteiger partial charge is 0.493 e. The molecule has 0 aliphatic rings. The molecule has 0 aliphatic heterocycles. The molecule has 2 aromatic rings. The van der Waals surface area contributed by atoms with Crippen molar-refractivity contribution in [2.75, 3.05) is 20.8 Å². The monoisotopic (exact) mass is 360 g/mol. The van der Waals surface area contributed by atoms with Crippen molar-refractivity contribution >= 4 is 11.6 Å². The van der Waals surface area contributed by atoms with E-state index in [0.717, 1.165) is 5.56 Å². The summed E-state index contributed by atoms with van der Waals surface area (Å²) in [5.74, 6) is 1.28. The highest BCUT2D eigenvalue weighted by atomic mass is 16.6. The number of carbonyl (C=O) groups is 1. The van der Waals surface area contributed by atoms with Crippen LogP contribution in [0.3, 0.4) is 0 Å². The van der Waals surface area contributed by atoms with Gasteiger partial charge in [0.15, 0.2) is 18.1 Å². The molecule has 1 amide bonds. The summed E-state index contributed by atoms with van der Waals surface area (Å²) in [6.45, 7) is 1.73. The Balaban J connectivity index is 1.88. The Kier molecular flexibility index (Phi) is 6.37. The lowest BCUT2D eigenvalue weighted by molar-refractivity contribution is -0.385. The summed E-state index contributed by atoms with van der Waals surface area (Å²) in [7, 11) is 3.09. The number of aryl methyl sites for hydroxylation is 1. The van der Waals surface area contributed by atoms with Crippen molar-refractivity contribution in [3.05, 3.63) is 57.6 Å². The number of nitro benzene ring substituents is 1. The van der Waals surface area contributed by atoms with Gasteiger partial charge in [0, 0.05) is 18.2 Å². The van der Waals surface area contributed by atoms with Crippen LogP contribution < -0.4 is 19.5 Å². The van der Waals surface area contributed by atoms with Crippen LogP contribution in [-0.4, -0.2) is 31.7 Å². The normalized spacial score (nSPS) is 10.1. The number of hydrogen-bond donors (Lipinski definition) is 1. The number of methoxy groups -OCH3 is 2. The van der Waals surface area contributed by atoms with Crippen molar-refractivity contribution in [1.82, 2.24) is 5.32 Å². The number of nitro groups is 1. The SMILES string of the molecule is COc1ccc(CNC(=O)COc2ccc([N+](=O)[O-])c(C)c2)cc1OC. The van der Waals surface area contributed by atoms with E-state index in [2.05, 4.69) is 5.32 Å². The summed E-state index contributed by atoms with van der Waals surface area (Å²) in [6.07, 6.45) is 0. The summed E-state index contributed by atoms with van der Waals surface area (Å²) in [4.78, 5) is 22.3. The average molecular weight is 360 g/mol. The van der Waals surface area contributed by atoms with Gasteiger partial charge in [-0.3, -0.25) is 14.9 Å². The van der Waals surface area contributed by atoms with Gasteiger partial charge in [-0.1, -0.05) is 6.07 Å². The van der Waals surface area contributed by atoms with Gasteiger partial charge in [-0.05, 0) is 36.8 Å². The fourth-order valence-electron chi connectivity index (χ4n) is 2.31. The molecule has 0 fully saturated rings. The Morgan fingerprint density at radius 3 is 2.46 bits per heavy atom. The number of nitrogens with one attached hydrogen (secondary N) is 1. The van der Waals surface area contributed by atoms with Gasteiger partial charge in [-0.15, -0.1) is 0 Å². The molecule has 0 unspecified atom stereocenters. The van der Waals surface area contributed by atoms with Crippen LogP contribution in [0.25, 0.3) is 0 Å². The Bertz CT molecular complexity index is 806. The molecule has 0 atom stereocenters. The minimum absolute atomic E-state index is 0.00949. The molecular formula is C18H20N2O6. The van der Waals surface area contributed by atoms with E-state index in [9.17, 15) is 14.9 Å². The highest BCUT2D eigenvalue weighted by Crippen LogP contribution is 2.27. The van der Waals surface area contributed by atoms with E-state index in [-0.39, 0.29) is 18.2 Å². The predicted octanol–water partition coefficient (Wildman–Crippen LogP) is 2.62. The van der Waals surface area contributed by atoms with Gasteiger partial charge >= 0.3 is 0 Å². The van der Waals surface area contributed by atoms with E-state index in [4.69, 9.17) is 14.2 Å². The smallest absolute Gasteiger partial charge is 0.272 e. The van der Waals surface area contributed by atoms with Crippen molar-refractivity contribution in [2.24, 2.45) is 0 Å². The predicted molar refractivity (Wildman–Crippen MR) is 94.7 cm³/mol. The summed E-state index contributed by atoms with van der Waals surface area (Å²) < 4.78 is 15.8. The molecule has 0 radical (unpaired) electrons. The Morgan fingerprint density at radius 2 is 1.85 bits per heavy atom. The molecule has 0 heterocycles. The quantitative estimate of drug-likeness (QED) is 0.574. The minimum atomic E-state index is -0.463. The first kappa shape index (κ1) is 19.0. The van der Waals surface area contributed by atoms with E-state index in [1.807, 2.05) is 6.07 Å². The first-order valence-electron chi connectivity index (χ1n) is 7.80. The summed E-state index contributed by atoms with van der Waals surface area (Å²) >= 11 is 0. The molecule has 2 aromatic carbocycles. The molecule has 0 aliphatic carbocycles. The summed E-state index contributed by atoms with van der Waals surface area (Å²) in [5.41, 5.74) is 1.33. The highest BCUT2D eigenvalue weighted by Gasteiger charge is 2.11. The molecular weight excluding hydrogens is 340 g/mol. The molecule has 138 valence electrons. The van der Waals surface area contributed by atoms with Crippen molar-refractivity contribution in [2.45, 2.75) is 13.5 Å². The molecule has 8 nitrogen and oxygen atoms in total. The maximum Gasteiger partial charge on any atom is 0.272 e.